The van der Waals surface area contributed by atoms with Gasteiger partial charge in [0.1, 0.15) is 0 Å². The summed E-state index contributed by atoms with van der Waals surface area (Å²) in [5.41, 5.74) is 0. The van der Waals surface area contributed by atoms with Crippen molar-refractivity contribution in [1.29, 1.82) is 0 Å². The van der Waals surface area contributed by atoms with Crippen LogP contribution in [-0.2, 0) is 14.8 Å². The van der Waals surface area contributed by atoms with Crippen LogP contribution in [0, 0.1) is 0 Å². The summed E-state index contributed by atoms with van der Waals surface area (Å²) < 4.78 is 53.3. The maximum atomic E-state index is 10.8. The topological polar surface area (TPSA) is 97.5 Å². The molecule has 0 unspecified atom stereocenters. The SMILES string of the molecule is NS(=O)(=O)C1CCCCC1.O=C(O)C(F)(F)F. The summed E-state index contributed by atoms with van der Waals surface area (Å²) in [7, 11) is -3.23. The first-order chi connectivity index (χ1) is 7.55. The molecule has 0 aliphatic heterocycles. The van der Waals surface area contributed by atoms with Gasteiger partial charge in [0, 0.05) is 0 Å². The Bertz CT molecular complexity index is 346. The summed E-state index contributed by atoms with van der Waals surface area (Å²) in [6.45, 7) is 0. The van der Waals surface area contributed by atoms with E-state index in [0.717, 1.165) is 32.1 Å². The fourth-order valence-corrected chi connectivity index (χ4v) is 2.38. The van der Waals surface area contributed by atoms with Crippen LogP contribution in [0.15, 0.2) is 0 Å². The van der Waals surface area contributed by atoms with Gasteiger partial charge in [-0.25, -0.2) is 18.4 Å². The van der Waals surface area contributed by atoms with Crippen LogP contribution in [0.1, 0.15) is 32.1 Å². The van der Waals surface area contributed by atoms with Gasteiger partial charge in [-0.1, -0.05) is 19.3 Å². The third-order valence-corrected chi connectivity index (χ3v) is 3.66. The summed E-state index contributed by atoms with van der Waals surface area (Å²) in [5, 5.41) is 11.9. The van der Waals surface area contributed by atoms with E-state index in [9.17, 15) is 21.6 Å². The number of nitrogens with two attached hydrogens (primary N) is 1. The van der Waals surface area contributed by atoms with Crippen LogP contribution in [0.4, 0.5) is 13.2 Å². The molecule has 1 aliphatic rings. The van der Waals surface area contributed by atoms with E-state index in [1.165, 1.54) is 0 Å². The number of rotatable bonds is 1. The maximum Gasteiger partial charge on any atom is 0.490 e. The van der Waals surface area contributed by atoms with E-state index in [2.05, 4.69) is 0 Å². The Labute approximate surface area is 96.8 Å². The zero-order valence-corrected chi connectivity index (χ0v) is 9.72. The standard InChI is InChI=1S/C6H13NO2S.C2HF3O2/c7-10(8,9)6-4-2-1-3-5-6;3-2(4,5)1(6)7/h6H,1-5H2,(H2,7,8,9);(H,6,7). The molecule has 0 radical (unpaired) electrons. The summed E-state index contributed by atoms with van der Waals surface area (Å²) in [6, 6.07) is 0. The van der Waals surface area contributed by atoms with E-state index in [4.69, 9.17) is 15.0 Å². The molecule has 1 aliphatic carbocycles. The first-order valence-corrected chi connectivity index (χ1v) is 6.48. The lowest BCUT2D eigenvalue weighted by Gasteiger charge is -2.18. The van der Waals surface area contributed by atoms with Gasteiger partial charge in [0.05, 0.1) is 5.25 Å². The van der Waals surface area contributed by atoms with Crippen LogP contribution in [0.5, 0.6) is 0 Å². The van der Waals surface area contributed by atoms with Gasteiger partial charge in [-0.05, 0) is 12.8 Å². The predicted molar refractivity (Wildman–Crippen MR) is 53.7 cm³/mol. The zero-order chi connectivity index (χ0) is 13.7. The van der Waals surface area contributed by atoms with Crippen molar-refractivity contribution in [3.05, 3.63) is 0 Å². The minimum Gasteiger partial charge on any atom is -0.475 e. The predicted octanol–water partition coefficient (Wildman–Crippen LogP) is 1.24. The fraction of sp³-hybridized carbons (Fsp3) is 0.875. The molecule has 0 aromatic carbocycles. The maximum absolute atomic E-state index is 10.8. The Morgan fingerprint density at radius 1 is 1.18 bits per heavy atom. The van der Waals surface area contributed by atoms with Crippen molar-refractivity contribution in [2.45, 2.75) is 43.5 Å². The van der Waals surface area contributed by atoms with Gasteiger partial charge in [-0.2, -0.15) is 13.2 Å². The normalized spacial score (nSPS) is 18.1. The molecule has 3 N–H and O–H groups in total. The summed E-state index contributed by atoms with van der Waals surface area (Å²) in [4.78, 5) is 8.90. The van der Waals surface area contributed by atoms with Crippen LogP contribution in [0.3, 0.4) is 0 Å². The van der Waals surface area contributed by atoms with E-state index < -0.39 is 22.2 Å². The van der Waals surface area contributed by atoms with Crippen molar-refractivity contribution in [1.82, 2.24) is 0 Å². The number of carbonyl (C=O) groups is 1. The molecular weight excluding hydrogens is 263 g/mol. The molecule has 1 rings (SSSR count). The van der Waals surface area contributed by atoms with Crippen molar-refractivity contribution >= 4 is 16.0 Å². The number of halogens is 3. The molecule has 17 heavy (non-hydrogen) atoms. The van der Waals surface area contributed by atoms with Crippen molar-refractivity contribution in [2.75, 3.05) is 0 Å². The highest BCUT2D eigenvalue weighted by atomic mass is 32.2. The largest absolute Gasteiger partial charge is 0.490 e. The highest BCUT2D eigenvalue weighted by molar-refractivity contribution is 7.89. The number of aliphatic carboxylic acids is 1. The molecule has 0 saturated heterocycles. The first-order valence-electron chi connectivity index (χ1n) is 4.87. The number of primary sulfonamides is 1. The second kappa shape index (κ2) is 6.20. The number of carboxylic acid groups (broad SMARTS) is 1. The van der Waals surface area contributed by atoms with Gasteiger partial charge in [-0.3, -0.25) is 0 Å². The van der Waals surface area contributed by atoms with Gasteiger partial charge >= 0.3 is 12.1 Å². The number of carboxylic acids is 1. The second-order valence-electron chi connectivity index (χ2n) is 3.65. The summed E-state index contributed by atoms with van der Waals surface area (Å²) >= 11 is 0. The molecule has 0 aromatic rings. The number of hydrogen-bond acceptors (Lipinski definition) is 3. The summed E-state index contributed by atoms with van der Waals surface area (Å²) in [5.74, 6) is -2.76. The minimum absolute atomic E-state index is 0.249. The van der Waals surface area contributed by atoms with E-state index in [1.807, 2.05) is 0 Å². The van der Waals surface area contributed by atoms with Crippen molar-refractivity contribution in [3.63, 3.8) is 0 Å². The lowest BCUT2D eigenvalue weighted by molar-refractivity contribution is -0.192. The van der Waals surface area contributed by atoms with Gasteiger partial charge in [0.25, 0.3) is 0 Å². The molecule has 0 spiro atoms. The smallest absolute Gasteiger partial charge is 0.475 e. The quantitative estimate of drug-likeness (QED) is 0.753. The van der Waals surface area contributed by atoms with E-state index in [-0.39, 0.29) is 5.25 Å². The number of alkyl halides is 3. The molecule has 5 nitrogen and oxygen atoms in total. The molecule has 0 bridgehead atoms. The molecule has 102 valence electrons. The monoisotopic (exact) mass is 277 g/mol. The van der Waals surface area contributed by atoms with Gasteiger partial charge in [0.15, 0.2) is 0 Å². The van der Waals surface area contributed by atoms with Gasteiger partial charge in [-0.15, -0.1) is 0 Å². The van der Waals surface area contributed by atoms with E-state index >= 15 is 0 Å². The highest BCUT2D eigenvalue weighted by Crippen LogP contribution is 2.21. The molecule has 9 heteroatoms. The van der Waals surface area contributed by atoms with E-state index in [1.54, 1.807) is 0 Å². The van der Waals surface area contributed by atoms with Crippen LogP contribution in [-0.4, -0.2) is 30.9 Å². The van der Waals surface area contributed by atoms with Crippen LogP contribution >= 0.6 is 0 Å². The Morgan fingerprint density at radius 3 is 1.71 bits per heavy atom. The molecule has 1 fully saturated rings. The average molecular weight is 277 g/mol. The highest BCUT2D eigenvalue weighted by Gasteiger charge is 2.38. The van der Waals surface area contributed by atoms with Crippen molar-refractivity contribution < 1.29 is 31.5 Å². The Kier molecular flexibility index (Phi) is 5.89. The number of hydrogen-bond donors (Lipinski definition) is 2. The fourth-order valence-electron chi connectivity index (χ4n) is 1.39. The summed E-state index contributed by atoms with van der Waals surface area (Å²) in [6.07, 6.45) is -0.369. The Balaban J connectivity index is 0.000000325. The lowest BCUT2D eigenvalue weighted by Crippen LogP contribution is -2.30. The van der Waals surface area contributed by atoms with Crippen LogP contribution in [0.25, 0.3) is 0 Å². The molecule has 0 amide bonds. The van der Waals surface area contributed by atoms with Crippen LogP contribution in [0.2, 0.25) is 0 Å². The van der Waals surface area contributed by atoms with Gasteiger partial charge in [0.2, 0.25) is 10.0 Å². The number of sulfonamides is 1. The molecule has 0 aromatic heterocycles. The van der Waals surface area contributed by atoms with Gasteiger partial charge < -0.3 is 5.11 Å². The third-order valence-electron chi connectivity index (χ3n) is 2.26. The Hall–Kier alpha value is -0.830. The Morgan fingerprint density at radius 2 is 1.53 bits per heavy atom. The molecular formula is C8H14F3NO4S. The van der Waals surface area contributed by atoms with Crippen molar-refractivity contribution in [3.8, 4) is 0 Å². The average Bonchev–Trinajstić information content (AvgIpc) is 2.17. The molecule has 1 saturated carbocycles. The van der Waals surface area contributed by atoms with Crippen LogP contribution < -0.4 is 5.14 Å². The van der Waals surface area contributed by atoms with E-state index in [0.29, 0.717) is 0 Å². The first kappa shape index (κ1) is 16.2. The molecule has 0 atom stereocenters. The lowest BCUT2D eigenvalue weighted by atomic mass is 10.0. The van der Waals surface area contributed by atoms with Crippen molar-refractivity contribution in [2.24, 2.45) is 5.14 Å². The second-order valence-corrected chi connectivity index (χ2v) is 5.50. The molecule has 0 heterocycles. The third kappa shape index (κ3) is 7.16. The zero-order valence-electron chi connectivity index (χ0n) is 8.90. The minimum atomic E-state index is -5.08.